The number of esters is 1. The normalized spacial score (nSPS) is 15.6. The summed E-state index contributed by atoms with van der Waals surface area (Å²) in [5, 5.41) is -0.0163. The fraction of sp³-hybridized carbons (Fsp3) is 0.737. The Kier molecular flexibility index (Phi) is 11.0. The Morgan fingerprint density at radius 1 is 1.19 bits per heavy atom. The molecule has 0 N–H and O–H groups in total. The van der Waals surface area contributed by atoms with E-state index in [1.165, 1.54) is 7.11 Å². The molecule has 8 heteroatoms. The van der Waals surface area contributed by atoms with Crippen molar-refractivity contribution in [3.63, 3.8) is 0 Å². The average Bonchev–Trinajstić information content (AvgIpc) is 2.55. The van der Waals surface area contributed by atoms with Crippen molar-refractivity contribution in [1.82, 2.24) is 0 Å². The number of carbonyl (C=O) groups is 1. The van der Waals surface area contributed by atoms with Crippen LogP contribution in [0.15, 0.2) is 24.8 Å². The van der Waals surface area contributed by atoms with E-state index >= 15 is 0 Å². The Morgan fingerprint density at radius 2 is 1.70 bits per heavy atom. The lowest BCUT2D eigenvalue weighted by atomic mass is 10.2. The molecule has 0 aromatic heterocycles. The first-order valence-electron chi connectivity index (χ1n) is 9.32. The summed E-state index contributed by atoms with van der Waals surface area (Å²) in [6, 6.07) is 0. The highest BCUT2D eigenvalue weighted by molar-refractivity contribution is 7.55. The van der Waals surface area contributed by atoms with Gasteiger partial charge in [0.05, 0.1) is 26.4 Å². The standard InChI is InChI=1S/C19H37O6PSi/c1-10-13-14-16(25-27(8,9)19(4,5)6)15-17(18(20)22-7)26(21,23-11-2)24-12-3/h10,13-14,16-17H,1,11-12,15H2,2-9H3/b14-13-/t16-,17?/m1/s1. The van der Waals surface area contributed by atoms with Gasteiger partial charge in [0.25, 0.3) is 0 Å². The monoisotopic (exact) mass is 420 g/mol. The molecule has 6 nitrogen and oxygen atoms in total. The molecule has 158 valence electrons. The van der Waals surface area contributed by atoms with Crippen LogP contribution >= 0.6 is 7.60 Å². The highest BCUT2D eigenvalue weighted by atomic mass is 31.2. The first-order chi connectivity index (χ1) is 12.4. The molecule has 0 aliphatic carbocycles. The van der Waals surface area contributed by atoms with Crippen molar-refractivity contribution in [2.45, 2.75) is 70.9 Å². The molecule has 0 heterocycles. The summed E-state index contributed by atoms with van der Waals surface area (Å²) in [7, 11) is -4.56. The van der Waals surface area contributed by atoms with E-state index in [4.69, 9.17) is 18.2 Å². The zero-order valence-corrected chi connectivity index (χ0v) is 20.0. The summed E-state index contributed by atoms with van der Waals surface area (Å²) in [4.78, 5) is 12.4. The molecular formula is C19H37O6PSi. The van der Waals surface area contributed by atoms with E-state index in [0.29, 0.717) is 0 Å². The van der Waals surface area contributed by atoms with Crippen LogP contribution in [-0.4, -0.2) is 46.4 Å². The lowest BCUT2D eigenvalue weighted by Crippen LogP contribution is -2.44. The molecule has 0 aromatic rings. The molecule has 0 rings (SSSR count). The fourth-order valence-electron chi connectivity index (χ4n) is 2.21. The molecule has 1 unspecified atom stereocenters. The van der Waals surface area contributed by atoms with Gasteiger partial charge in [0.1, 0.15) is 0 Å². The maximum atomic E-state index is 13.3. The first kappa shape index (κ1) is 26.3. The van der Waals surface area contributed by atoms with Crippen molar-refractivity contribution in [2.24, 2.45) is 0 Å². The van der Waals surface area contributed by atoms with E-state index in [9.17, 15) is 9.36 Å². The molecule has 0 aliphatic rings. The van der Waals surface area contributed by atoms with Crippen LogP contribution in [0.2, 0.25) is 18.1 Å². The maximum absolute atomic E-state index is 13.3. The molecule has 2 atom stereocenters. The first-order valence-corrected chi connectivity index (χ1v) is 13.8. The summed E-state index contributed by atoms with van der Waals surface area (Å²) >= 11 is 0. The number of allylic oxidation sites excluding steroid dienone is 2. The van der Waals surface area contributed by atoms with E-state index < -0.39 is 33.6 Å². The van der Waals surface area contributed by atoms with E-state index in [0.717, 1.165) is 0 Å². The minimum absolute atomic E-state index is 0.0163. The molecule has 0 saturated heterocycles. The van der Waals surface area contributed by atoms with Crippen molar-refractivity contribution >= 4 is 21.9 Å². The lowest BCUT2D eigenvalue weighted by molar-refractivity contribution is -0.141. The van der Waals surface area contributed by atoms with Crippen LogP contribution < -0.4 is 0 Å². The van der Waals surface area contributed by atoms with E-state index in [1.54, 1.807) is 26.0 Å². The van der Waals surface area contributed by atoms with Gasteiger partial charge in [-0.25, -0.2) is 0 Å². The van der Waals surface area contributed by atoms with Gasteiger partial charge in [-0.3, -0.25) is 9.36 Å². The van der Waals surface area contributed by atoms with Crippen LogP contribution in [0.5, 0.6) is 0 Å². The number of carbonyl (C=O) groups excluding carboxylic acids is 1. The molecule has 27 heavy (non-hydrogen) atoms. The number of ether oxygens (including phenoxy) is 1. The van der Waals surface area contributed by atoms with Crippen LogP contribution in [0.1, 0.15) is 41.0 Å². The van der Waals surface area contributed by atoms with Gasteiger partial charge in [-0.05, 0) is 32.0 Å². The van der Waals surface area contributed by atoms with Crippen molar-refractivity contribution in [2.75, 3.05) is 20.3 Å². The molecular weight excluding hydrogens is 383 g/mol. The summed E-state index contributed by atoms with van der Waals surface area (Å²) in [6.07, 6.45) is 4.92. The smallest absolute Gasteiger partial charge is 0.344 e. The van der Waals surface area contributed by atoms with Gasteiger partial charge < -0.3 is 18.2 Å². The largest absolute Gasteiger partial charge is 0.468 e. The van der Waals surface area contributed by atoms with E-state index in [2.05, 4.69) is 40.4 Å². The topological polar surface area (TPSA) is 71.1 Å². The van der Waals surface area contributed by atoms with Gasteiger partial charge in [-0.2, -0.15) is 0 Å². The van der Waals surface area contributed by atoms with Gasteiger partial charge in [0.2, 0.25) is 0 Å². The van der Waals surface area contributed by atoms with Crippen molar-refractivity contribution in [1.29, 1.82) is 0 Å². The lowest BCUT2D eigenvalue weighted by Gasteiger charge is -2.39. The van der Waals surface area contributed by atoms with Crippen LogP contribution in [0.25, 0.3) is 0 Å². The van der Waals surface area contributed by atoms with Crippen LogP contribution in [0.4, 0.5) is 0 Å². The number of rotatable bonds is 12. The Bertz CT molecular complexity index is 543. The molecule has 0 spiro atoms. The molecule has 0 aromatic carbocycles. The summed E-state index contributed by atoms with van der Waals surface area (Å²) in [6.45, 7) is 18.1. The molecule has 0 bridgehead atoms. The Hall–Kier alpha value is -0.723. The van der Waals surface area contributed by atoms with Gasteiger partial charge in [-0.1, -0.05) is 45.6 Å². The van der Waals surface area contributed by atoms with E-state index in [-0.39, 0.29) is 24.7 Å². The highest BCUT2D eigenvalue weighted by Crippen LogP contribution is 2.55. The SMILES string of the molecule is C=C/C=C\[C@H](CC(C(=O)OC)P(=O)(OCC)OCC)O[Si](C)(C)C(C)(C)C. The van der Waals surface area contributed by atoms with Gasteiger partial charge in [0.15, 0.2) is 14.0 Å². The molecule has 0 fully saturated rings. The summed E-state index contributed by atoms with van der Waals surface area (Å²) in [5.41, 5.74) is -1.06. The quantitative estimate of drug-likeness (QED) is 0.184. The summed E-state index contributed by atoms with van der Waals surface area (Å²) in [5.74, 6) is -0.629. The van der Waals surface area contributed by atoms with Crippen molar-refractivity contribution in [3.8, 4) is 0 Å². The Morgan fingerprint density at radius 3 is 2.07 bits per heavy atom. The second-order valence-electron chi connectivity index (χ2n) is 7.69. The second kappa shape index (κ2) is 11.3. The van der Waals surface area contributed by atoms with Crippen molar-refractivity contribution < 1.29 is 27.6 Å². The predicted molar refractivity (Wildman–Crippen MR) is 113 cm³/mol. The third-order valence-corrected chi connectivity index (χ3v) is 11.6. The predicted octanol–water partition coefficient (Wildman–Crippen LogP) is 5.32. The maximum Gasteiger partial charge on any atom is 0.344 e. The van der Waals surface area contributed by atoms with Gasteiger partial charge >= 0.3 is 13.6 Å². The Labute approximate surface area is 166 Å². The number of methoxy groups -OCH3 is 1. The average molecular weight is 421 g/mol. The minimum atomic E-state index is -3.69. The van der Waals surface area contributed by atoms with Crippen molar-refractivity contribution in [3.05, 3.63) is 24.8 Å². The molecule has 0 saturated carbocycles. The van der Waals surface area contributed by atoms with Crippen LogP contribution in [-0.2, 0) is 27.6 Å². The highest BCUT2D eigenvalue weighted by Gasteiger charge is 2.45. The minimum Gasteiger partial charge on any atom is -0.468 e. The zero-order valence-electron chi connectivity index (χ0n) is 18.1. The third-order valence-electron chi connectivity index (χ3n) is 4.64. The van der Waals surface area contributed by atoms with Crippen LogP contribution in [0, 0.1) is 0 Å². The van der Waals surface area contributed by atoms with E-state index in [1.807, 2.05) is 6.08 Å². The zero-order chi connectivity index (χ0) is 21.3. The van der Waals surface area contributed by atoms with Gasteiger partial charge in [0, 0.05) is 6.42 Å². The summed E-state index contributed by atoms with van der Waals surface area (Å²) < 4.78 is 35.4. The number of hydrogen-bond acceptors (Lipinski definition) is 6. The van der Waals surface area contributed by atoms with Gasteiger partial charge in [-0.15, -0.1) is 0 Å². The molecule has 0 amide bonds. The molecule has 0 aliphatic heterocycles. The fourth-order valence-corrected chi connectivity index (χ4v) is 5.48. The molecule has 0 radical (unpaired) electrons. The third kappa shape index (κ3) is 8.04. The number of hydrogen-bond donors (Lipinski definition) is 0. The second-order valence-corrected chi connectivity index (χ2v) is 14.7. The Balaban J connectivity index is 5.87. The van der Waals surface area contributed by atoms with Crippen LogP contribution in [0.3, 0.4) is 0 Å².